The van der Waals surface area contributed by atoms with Gasteiger partial charge in [0, 0.05) is 18.7 Å². The van der Waals surface area contributed by atoms with Crippen molar-refractivity contribution in [2.75, 3.05) is 13.1 Å². The van der Waals surface area contributed by atoms with Crippen LogP contribution in [-0.4, -0.2) is 29.3 Å². The molecule has 0 saturated carbocycles. The highest BCUT2D eigenvalue weighted by Gasteiger charge is 2.41. The van der Waals surface area contributed by atoms with Gasteiger partial charge in [0.1, 0.15) is 0 Å². The molecule has 6 heteroatoms. The minimum Gasteiger partial charge on any atom is -0.505 e. The predicted octanol–water partition coefficient (Wildman–Crippen LogP) is 3.31. The fourth-order valence-electron chi connectivity index (χ4n) is 2.39. The van der Waals surface area contributed by atoms with Crippen LogP contribution in [0.4, 0.5) is 17.6 Å². The van der Waals surface area contributed by atoms with Crippen molar-refractivity contribution >= 4 is 0 Å². The quantitative estimate of drug-likeness (QED) is 0.838. The molecular formula is C13H15F4NO. The first kappa shape index (κ1) is 14.1. The Morgan fingerprint density at radius 3 is 2.74 bits per heavy atom. The molecule has 1 aliphatic rings. The van der Waals surface area contributed by atoms with E-state index in [1.807, 2.05) is 0 Å². The molecule has 0 bridgehead atoms. The summed E-state index contributed by atoms with van der Waals surface area (Å²) in [4.78, 5) is 1.61. The Bertz CT molecular complexity index is 447. The third-order valence-electron chi connectivity index (χ3n) is 3.43. The SMILES string of the molecule is Oc1c(F)cccc1CN1CCCC(C(F)(F)F)C1. The normalized spacial score (nSPS) is 21.6. The molecule has 19 heavy (non-hydrogen) atoms. The van der Waals surface area contributed by atoms with Gasteiger partial charge in [-0.2, -0.15) is 13.2 Å². The van der Waals surface area contributed by atoms with E-state index in [0.717, 1.165) is 6.07 Å². The lowest BCUT2D eigenvalue weighted by Crippen LogP contribution is -2.41. The number of aromatic hydroxyl groups is 1. The van der Waals surface area contributed by atoms with Crippen molar-refractivity contribution in [1.29, 1.82) is 0 Å². The number of halogens is 4. The van der Waals surface area contributed by atoms with Crippen molar-refractivity contribution in [3.63, 3.8) is 0 Å². The molecule has 1 aromatic carbocycles. The van der Waals surface area contributed by atoms with Gasteiger partial charge in [-0.1, -0.05) is 12.1 Å². The number of phenolic OH excluding ortho intramolecular Hbond substituents is 1. The molecule has 1 saturated heterocycles. The molecule has 0 radical (unpaired) electrons. The number of phenols is 1. The molecular weight excluding hydrogens is 262 g/mol. The first-order valence-corrected chi connectivity index (χ1v) is 6.13. The Balaban J connectivity index is 2.05. The summed E-state index contributed by atoms with van der Waals surface area (Å²) >= 11 is 0. The van der Waals surface area contributed by atoms with Crippen molar-refractivity contribution in [2.24, 2.45) is 5.92 Å². The summed E-state index contributed by atoms with van der Waals surface area (Å²) in [5, 5.41) is 9.53. The van der Waals surface area contributed by atoms with Gasteiger partial charge >= 0.3 is 6.18 Å². The minimum atomic E-state index is -4.19. The van der Waals surface area contributed by atoms with E-state index in [9.17, 15) is 22.7 Å². The molecule has 2 nitrogen and oxygen atoms in total. The van der Waals surface area contributed by atoms with Crippen LogP contribution in [0.15, 0.2) is 18.2 Å². The van der Waals surface area contributed by atoms with Gasteiger partial charge in [0.2, 0.25) is 0 Å². The molecule has 106 valence electrons. The molecule has 1 atom stereocenters. The third-order valence-corrected chi connectivity index (χ3v) is 3.43. The molecule has 0 aromatic heterocycles. The fraction of sp³-hybridized carbons (Fsp3) is 0.538. The summed E-state index contributed by atoms with van der Waals surface area (Å²) in [5.41, 5.74) is 0.322. The predicted molar refractivity (Wildman–Crippen MR) is 62.1 cm³/mol. The van der Waals surface area contributed by atoms with Gasteiger partial charge in [0.15, 0.2) is 11.6 Å². The van der Waals surface area contributed by atoms with Crippen LogP contribution in [0.1, 0.15) is 18.4 Å². The summed E-state index contributed by atoms with van der Waals surface area (Å²) in [6.07, 6.45) is -3.60. The first-order chi connectivity index (χ1) is 8.88. The van der Waals surface area contributed by atoms with E-state index in [1.54, 1.807) is 4.90 Å². The number of nitrogens with zero attached hydrogens (tertiary/aromatic N) is 1. The van der Waals surface area contributed by atoms with Crippen LogP contribution >= 0.6 is 0 Å². The largest absolute Gasteiger partial charge is 0.505 e. The lowest BCUT2D eigenvalue weighted by atomic mass is 9.97. The molecule has 1 aliphatic heterocycles. The second-order valence-electron chi connectivity index (χ2n) is 4.86. The smallest absolute Gasteiger partial charge is 0.393 e. The molecule has 1 unspecified atom stereocenters. The van der Waals surface area contributed by atoms with E-state index in [1.165, 1.54) is 12.1 Å². The molecule has 1 heterocycles. The highest BCUT2D eigenvalue weighted by molar-refractivity contribution is 5.33. The molecule has 1 aromatic rings. The van der Waals surface area contributed by atoms with Crippen molar-refractivity contribution in [3.05, 3.63) is 29.6 Å². The van der Waals surface area contributed by atoms with Crippen LogP contribution in [0.5, 0.6) is 5.75 Å². The standard InChI is InChI=1S/C13H15F4NO/c14-11-5-1-3-9(12(11)19)7-18-6-2-4-10(8-18)13(15,16)17/h1,3,5,10,19H,2,4,6-8H2. The zero-order valence-electron chi connectivity index (χ0n) is 10.3. The molecule has 1 N–H and O–H groups in total. The second kappa shape index (κ2) is 5.36. The van der Waals surface area contributed by atoms with Crippen LogP contribution < -0.4 is 0 Å². The summed E-state index contributed by atoms with van der Waals surface area (Å²) in [5.74, 6) is -2.56. The van der Waals surface area contributed by atoms with Crippen molar-refractivity contribution in [1.82, 2.24) is 4.90 Å². The maximum atomic E-state index is 13.2. The number of piperidine rings is 1. The number of rotatable bonds is 2. The van der Waals surface area contributed by atoms with Crippen LogP contribution in [0.2, 0.25) is 0 Å². The van der Waals surface area contributed by atoms with Crippen LogP contribution in [0.25, 0.3) is 0 Å². The van der Waals surface area contributed by atoms with Crippen LogP contribution in [0, 0.1) is 11.7 Å². The lowest BCUT2D eigenvalue weighted by molar-refractivity contribution is -0.187. The van der Waals surface area contributed by atoms with E-state index < -0.39 is 23.7 Å². The van der Waals surface area contributed by atoms with E-state index in [4.69, 9.17) is 0 Å². The maximum absolute atomic E-state index is 13.2. The summed E-state index contributed by atoms with van der Waals surface area (Å²) < 4.78 is 51.1. The van der Waals surface area contributed by atoms with E-state index in [0.29, 0.717) is 18.5 Å². The molecule has 1 fully saturated rings. The Hall–Kier alpha value is -1.30. The number of hydrogen-bond donors (Lipinski definition) is 1. The minimum absolute atomic E-state index is 0.0978. The average Bonchev–Trinajstić information content (AvgIpc) is 2.34. The second-order valence-corrected chi connectivity index (χ2v) is 4.86. The summed E-state index contributed by atoms with van der Waals surface area (Å²) in [6.45, 7) is 0.568. The number of alkyl halides is 3. The van der Waals surface area contributed by atoms with Gasteiger partial charge in [0.25, 0.3) is 0 Å². The monoisotopic (exact) mass is 277 g/mol. The number of likely N-dealkylation sites (tertiary alicyclic amines) is 1. The molecule has 0 spiro atoms. The van der Waals surface area contributed by atoms with Gasteiger partial charge in [-0.3, -0.25) is 4.90 Å². The Kier molecular flexibility index (Phi) is 3.99. The van der Waals surface area contributed by atoms with E-state index in [-0.39, 0.29) is 19.5 Å². The number of para-hydroxylation sites is 1. The molecule has 2 rings (SSSR count). The van der Waals surface area contributed by atoms with Crippen molar-refractivity contribution in [2.45, 2.75) is 25.6 Å². The fourth-order valence-corrected chi connectivity index (χ4v) is 2.39. The third kappa shape index (κ3) is 3.37. The zero-order valence-corrected chi connectivity index (χ0v) is 10.3. The number of hydrogen-bond acceptors (Lipinski definition) is 2. The highest BCUT2D eigenvalue weighted by Crippen LogP contribution is 2.34. The van der Waals surface area contributed by atoms with Crippen molar-refractivity contribution < 1.29 is 22.7 Å². The molecule has 0 amide bonds. The van der Waals surface area contributed by atoms with Crippen LogP contribution in [-0.2, 0) is 6.54 Å². The number of benzene rings is 1. The lowest BCUT2D eigenvalue weighted by Gasteiger charge is -2.33. The maximum Gasteiger partial charge on any atom is 0.393 e. The van der Waals surface area contributed by atoms with Gasteiger partial charge in [0.05, 0.1) is 5.92 Å². The molecule has 0 aliphatic carbocycles. The van der Waals surface area contributed by atoms with E-state index in [2.05, 4.69) is 0 Å². The van der Waals surface area contributed by atoms with Gasteiger partial charge in [-0.05, 0) is 25.5 Å². The van der Waals surface area contributed by atoms with Crippen LogP contribution in [0.3, 0.4) is 0 Å². The highest BCUT2D eigenvalue weighted by atomic mass is 19.4. The van der Waals surface area contributed by atoms with Gasteiger partial charge in [-0.15, -0.1) is 0 Å². The zero-order chi connectivity index (χ0) is 14.0. The summed E-state index contributed by atoms with van der Waals surface area (Å²) in [6, 6.07) is 4.08. The van der Waals surface area contributed by atoms with Crippen molar-refractivity contribution in [3.8, 4) is 5.75 Å². The Morgan fingerprint density at radius 1 is 1.32 bits per heavy atom. The Morgan fingerprint density at radius 2 is 2.05 bits per heavy atom. The average molecular weight is 277 g/mol. The van der Waals surface area contributed by atoms with E-state index >= 15 is 0 Å². The van der Waals surface area contributed by atoms with Gasteiger partial charge in [-0.25, -0.2) is 4.39 Å². The first-order valence-electron chi connectivity index (χ1n) is 6.13. The van der Waals surface area contributed by atoms with Gasteiger partial charge < -0.3 is 5.11 Å². The summed E-state index contributed by atoms with van der Waals surface area (Å²) in [7, 11) is 0. The topological polar surface area (TPSA) is 23.5 Å². The Labute approximate surface area is 108 Å².